The van der Waals surface area contributed by atoms with Gasteiger partial charge in [0.2, 0.25) is 0 Å². The first kappa shape index (κ1) is 17.8. The summed E-state index contributed by atoms with van der Waals surface area (Å²) in [6.45, 7) is 1.28. The average Bonchev–Trinajstić information content (AvgIpc) is 3.03. The zero-order valence-corrected chi connectivity index (χ0v) is 13.9. The maximum atomic E-state index is 11.9. The van der Waals surface area contributed by atoms with E-state index in [0.29, 0.717) is 12.1 Å². The summed E-state index contributed by atoms with van der Waals surface area (Å²) in [4.78, 5) is 33.9. The van der Waals surface area contributed by atoms with E-state index in [1.54, 1.807) is 0 Å². The maximum absolute atomic E-state index is 11.9. The number of aromatic nitrogens is 2. The molecule has 1 aromatic carbocycles. The summed E-state index contributed by atoms with van der Waals surface area (Å²) < 4.78 is 8.55. The third-order valence-electron chi connectivity index (χ3n) is 2.85. The van der Waals surface area contributed by atoms with Gasteiger partial charge in [0.25, 0.3) is 11.6 Å². The predicted molar refractivity (Wildman–Crippen MR) is 86.3 cm³/mol. The lowest BCUT2D eigenvalue weighted by molar-refractivity contribution is -0.384. The van der Waals surface area contributed by atoms with Gasteiger partial charge in [0, 0.05) is 12.1 Å². The van der Waals surface area contributed by atoms with E-state index in [4.69, 9.17) is 16.3 Å². The normalized spacial score (nSPS) is 10.2. The molecule has 0 aliphatic carbocycles. The molecule has 11 heteroatoms. The van der Waals surface area contributed by atoms with Gasteiger partial charge in [0.1, 0.15) is 0 Å². The number of nitro benzene ring substituents is 1. The minimum Gasteiger partial charge on any atom is -0.451 e. The third-order valence-corrected chi connectivity index (χ3v) is 3.91. The molecule has 0 atom stereocenters. The Kier molecular flexibility index (Phi) is 5.77. The van der Waals surface area contributed by atoms with Crippen LogP contribution in [0.2, 0.25) is 5.02 Å². The highest BCUT2D eigenvalue weighted by atomic mass is 35.5. The van der Waals surface area contributed by atoms with E-state index in [9.17, 15) is 19.7 Å². The number of carbonyl (C=O) groups is 2. The summed E-state index contributed by atoms with van der Waals surface area (Å²) in [6.07, 6.45) is 0.519. The van der Waals surface area contributed by atoms with E-state index in [0.717, 1.165) is 17.6 Å². The van der Waals surface area contributed by atoms with E-state index in [1.807, 2.05) is 6.92 Å². The number of amides is 1. The number of nitrogens with one attached hydrogen (secondary N) is 1. The lowest BCUT2D eigenvalue weighted by Gasteiger charge is -2.07. The topological polar surface area (TPSA) is 124 Å². The molecule has 1 aromatic heterocycles. The van der Waals surface area contributed by atoms with E-state index in [1.165, 1.54) is 12.1 Å². The van der Waals surface area contributed by atoms with E-state index in [-0.39, 0.29) is 21.3 Å². The van der Waals surface area contributed by atoms with Crippen molar-refractivity contribution in [3.05, 3.63) is 43.9 Å². The molecule has 24 heavy (non-hydrogen) atoms. The molecule has 126 valence electrons. The summed E-state index contributed by atoms with van der Waals surface area (Å²) in [5.41, 5.74) is 0.482. The van der Waals surface area contributed by atoms with Gasteiger partial charge in [0.15, 0.2) is 11.5 Å². The first-order valence-corrected chi connectivity index (χ1v) is 7.79. The van der Waals surface area contributed by atoms with Gasteiger partial charge in [-0.05, 0) is 24.0 Å². The molecule has 2 aromatic rings. The van der Waals surface area contributed by atoms with Crippen molar-refractivity contribution >= 4 is 46.4 Å². The molecule has 0 saturated carbocycles. The molecule has 0 bridgehead atoms. The molecule has 1 amide bonds. The zero-order chi connectivity index (χ0) is 17.7. The van der Waals surface area contributed by atoms with Crippen LogP contribution in [0, 0.1) is 10.1 Å². The summed E-state index contributed by atoms with van der Waals surface area (Å²) >= 11 is 6.75. The molecular formula is C13H11ClN4O5S. The standard InChI is InChI=1S/C13H11ClN4O5S/c1-2-9-12(24-17-16-9)13(20)23-6-11(19)15-10-4-3-7(18(21)22)5-8(10)14/h3-5H,2,6H2,1H3,(H,15,19). The highest BCUT2D eigenvalue weighted by Gasteiger charge is 2.18. The second-order valence-electron chi connectivity index (χ2n) is 4.45. The fraction of sp³-hybridized carbons (Fsp3) is 0.231. The van der Waals surface area contributed by atoms with Crippen molar-refractivity contribution in [2.75, 3.05) is 11.9 Å². The lowest BCUT2D eigenvalue weighted by Crippen LogP contribution is -2.21. The van der Waals surface area contributed by atoms with Crippen LogP contribution >= 0.6 is 23.1 Å². The van der Waals surface area contributed by atoms with Crippen LogP contribution in [-0.4, -0.2) is 33.0 Å². The van der Waals surface area contributed by atoms with Crippen LogP contribution in [0.15, 0.2) is 18.2 Å². The van der Waals surface area contributed by atoms with Crippen LogP contribution in [-0.2, 0) is 16.0 Å². The second-order valence-corrected chi connectivity index (χ2v) is 5.61. The van der Waals surface area contributed by atoms with Crippen LogP contribution < -0.4 is 5.32 Å². The molecule has 1 heterocycles. The number of nitro groups is 1. The number of non-ortho nitro benzene ring substituents is 1. The first-order valence-electron chi connectivity index (χ1n) is 6.64. The van der Waals surface area contributed by atoms with Crippen molar-refractivity contribution in [2.45, 2.75) is 13.3 Å². The van der Waals surface area contributed by atoms with Crippen LogP contribution in [0.5, 0.6) is 0 Å². The number of hydrogen-bond acceptors (Lipinski definition) is 8. The number of halogens is 1. The predicted octanol–water partition coefficient (Wildman–Crippen LogP) is 2.46. The van der Waals surface area contributed by atoms with Crippen LogP contribution in [0.3, 0.4) is 0 Å². The number of aryl methyl sites for hydroxylation is 1. The third kappa shape index (κ3) is 4.24. The highest BCUT2D eigenvalue weighted by molar-refractivity contribution is 7.07. The minimum atomic E-state index is -0.688. The quantitative estimate of drug-likeness (QED) is 0.470. The van der Waals surface area contributed by atoms with Gasteiger partial charge in [-0.1, -0.05) is 23.0 Å². The number of nitrogens with zero attached hydrogens (tertiary/aromatic N) is 3. The Morgan fingerprint density at radius 2 is 2.21 bits per heavy atom. The van der Waals surface area contributed by atoms with E-state index < -0.39 is 23.4 Å². The number of rotatable bonds is 6. The minimum absolute atomic E-state index is 0.00352. The number of carbonyl (C=O) groups excluding carboxylic acids is 2. The molecule has 0 saturated heterocycles. The SMILES string of the molecule is CCc1nnsc1C(=O)OCC(=O)Nc1ccc([N+](=O)[O-])cc1Cl. The lowest BCUT2D eigenvalue weighted by atomic mass is 10.3. The summed E-state index contributed by atoms with van der Waals surface area (Å²) in [5.74, 6) is -1.32. The van der Waals surface area contributed by atoms with Crippen molar-refractivity contribution in [1.82, 2.24) is 9.59 Å². The zero-order valence-electron chi connectivity index (χ0n) is 12.3. The Balaban J connectivity index is 1.94. The fourth-order valence-corrected chi connectivity index (χ4v) is 2.56. The Bertz CT molecular complexity index is 794. The van der Waals surface area contributed by atoms with Crippen LogP contribution in [0.25, 0.3) is 0 Å². The Morgan fingerprint density at radius 3 is 2.83 bits per heavy atom. The average molecular weight is 371 g/mol. The first-order chi connectivity index (χ1) is 11.4. The fourth-order valence-electron chi connectivity index (χ4n) is 1.70. The number of anilines is 1. The van der Waals surface area contributed by atoms with Gasteiger partial charge in [-0.3, -0.25) is 14.9 Å². The van der Waals surface area contributed by atoms with Gasteiger partial charge in [-0.15, -0.1) is 5.10 Å². The summed E-state index contributed by atoms with van der Waals surface area (Å²) in [7, 11) is 0. The van der Waals surface area contributed by atoms with Gasteiger partial charge in [-0.25, -0.2) is 4.79 Å². The molecule has 0 aliphatic rings. The van der Waals surface area contributed by atoms with Crippen molar-refractivity contribution < 1.29 is 19.2 Å². The smallest absolute Gasteiger partial charge is 0.352 e. The monoisotopic (exact) mass is 370 g/mol. The molecule has 0 fully saturated rings. The van der Waals surface area contributed by atoms with Crippen molar-refractivity contribution in [3.8, 4) is 0 Å². The maximum Gasteiger partial charge on any atom is 0.352 e. The molecule has 0 unspecified atom stereocenters. The number of ether oxygens (including phenoxy) is 1. The van der Waals surface area contributed by atoms with E-state index >= 15 is 0 Å². The molecule has 2 rings (SSSR count). The van der Waals surface area contributed by atoms with Crippen molar-refractivity contribution in [2.24, 2.45) is 0 Å². The Labute approximate surface area is 144 Å². The van der Waals surface area contributed by atoms with Crippen molar-refractivity contribution in [1.29, 1.82) is 0 Å². The van der Waals surface area contributed by atoms with Gasteiger partial charge < -0.3 is 10.1 Å². The summed E-state index contributed by atoms with van der Waals surface area (Å²) in [6, 6.07) is 3.60. The van der Waals surface area contributed by atoms with Crippen molar-refractivity contribution in [3.63, 3.8) is 0 Å². The van der Waals surface area contributed by atoms with Crippen LogP contribution in [0.4, 0.5) is 11.4 Å². The van der Waals surface area contributed by atoms with E-state index in [2.05, 4.69) is 14.9 Å². The highest BCUT2D eigenvalue weighted by Crippen LogP contribution is 2.26. The number of hydrogen-bond donors (Lipinski definition) is 1. The second kappa shape index (κ2) is 7.79. The van der Waals surface area contributed by atoms with Gasteiger partial charge in [-0.2, -0.15) is 0 Å². The van der Waals surface area contributed by atoms with Gasteiger partial charge in [0.05, 0.1) is 21.3 Å². The number of benzene rings is 1. The largest absolute Gasteiger partial charge is 0.451 e. The Morgan fingerprint density at radius 1 is 1.46 bits per heavy atom. The number of esters is 1. The molecule has 0 aliphatic heterocycles. The molecular weight excluding hydrogens is 360 g/mol. The molecule has 9 nitrogen and oxygen atoms in total. The Hall–Kier alpha value is -2.59. The summed E-state index contributed by atoms with van der Waals surface area (Å²) in [5, 5.41) is 16.8. The van der Waals surface area contributed by atoms with Crippen LogP contribution in [0.1, 0.15) is 22.3 Å². The molecule has 1 N–H and O–H groups in total. The molecule has 0 radical (unpaired) electrons. The molecule has 0 spiro atoms. The van der Waals surface area contributed by atoms with Gasteiger partial charge >= 0.3 is 5.97 Å².